The number of pyridine rings is 1. The largest absolute Gasteiger partial charge is 0.249 e. The van der Waals surface area contributed by atoms with Crippen molar-refractivity contribution in [3.8, 4) is 6.07 Å². The third-order valence-electron chi connectivity index (χ3n) is 2.14. The fourth-order valence-electron chi connectivity index (χ4n) is 1.39. The van der Waals surface area contributed by atoms with E-state index in [4.69, 9.17) is 5.26 Å². The SMILES string of the molecule is N#CCc1ccc2cc(F)c(F)c(F)c2n1. The molecule has 16 heavy (non-hydrogen) atoms. The number of halogens is 3. The molecule has 0 saturated heterocycles. The van der Waals surface area contributed by atoms with Gasteiger partial charge in [0.05, 0.1) is 18.2 Å². The molecule has 5 heteroatoms. The minimum atomic E-state index is -1.55. The highest BCUT2D eigenvalue weighted by molar-refractivity contribution is 5.79. The van der Waals surface area contributed by atoms with Crippen molar-refractivity contribution in [2.75, 3.05) is 0 Å². The van der Waals surface area contributed by atoms with Crippen molar-refractivity contribution in [2.45, 2.75) is 6.42 Å². The Labute approximate surface area is 89.0 Å². The van der Waals surface area contributed by atoms with Crippen LogP contribution in [0.25, 0.3) is 10.9 Å². The maximum atomic E-state index is 13.3. The van der Waals surface area contributed by atoms with E-state index in [-0.39, 0.29) is 17.3 Å². The lowest BCUT2D eigenvalue weighted by Gasteiger charge is -2.02. The van der Waals surface area contributed by atoms with E-state index >= 15 is 0 Å². The van der Waals surface area contributed by atoms with Crippen LogP contribution in [0.4, 0.5) is 13.2 Å². The first-order chi connectivity index (χ1) is 7.63. The summed E-state index contributed by atoms with van der Waals surface area (Å²) in [6.45, 7) is 0. The lowest BCUT2D eigenvalue weighted by Crippen LogP contribution is -1.96. The van der Waals surface area contributed by atoms with Gasteiger partial charge in [-0.05, 0) is 12.1 Å². The molecule has 0 radical (unpaired) electrons. The van der Waals surface area contributed by atoms with Crippen LogP contribution in [0.1, 0.15) is 5.69 Å². The zero-order chi connectivity index (χ0) is 11.7. The number of benzene rings is 1. The molecule has 0 N–H and O–H groups in total. The van der Waals surface area contributed by atoms with Gasteiger partial charge in [0.2, 0.25) is 0 Å². The summed E-state index contributed by atoms with van der Waals surface area (Å²) in [5, 5.41) is 8.61. The van der Waals surface area contributed by atoms with E-state index in [1.807, 2.05) is 6.07 Å². The summed E-state index contributed by atoms with van der Waals surface area (Å²) in [7, 11) is 0. The monoisotopic (exact) mass is 222 g/mol. The third kappa shape index (κ3) is 1.58. The first-order valence-electron chi connectivity index (χ1n) is 4.43. The molecule has 0 fully saturated rings. The Morgan fingerprint density at radius 3 is 2.62 bits per heavy atom. The maximum Gasteiger partial charge on any atom is 0.196 e. The van der Waals surface area contributed by atoms with Gasteiger partial charge < -0.3 is 0 Å². The quantitative estimate of drug-likeness (QED) is 0.695. The van der Waals surface area contributed by atoms with Crippen LogP contribution in [0, 0.1) is 28.8 Å². The predicted octanol–water partition coefficient (Wildman–Crippen LogP) is 2.72. The third-order valence-corrected chi connectivity index (χ3v) is 2.14. The van der Waals surface area contributed by atoms with Gasteiger partial charge in [0.1, 0.15) is 5.52 Å². The van der Waals surface area contributed by atoms with Crippen molar-refractivity contribution < 1.29 is 13.2 Å². The molecular formula is C11H5F3N2. The topological polar surface area (TPSA) is 36.7 Å². The van der Waals surface area contributed by atoms with Gasteiger partial charge in [-0.25, -0.2) is 18.2 Å². The first-order valence-corrected chi connectivity index (χ1v) is 4.43. The van der Waals surface area contributed by atoms with E-state index < -0.39 is 17.5 Å². The van der Waals surface area contributed by atoms with Gasteiger partial charge in [-0.3, -0.25) is 0 Å². The minimum Gasteiger partial charge on any atom is -0.249 e. The second kappa shape index (κ2) is 3.81. The summed E-state index contributed by atoms with van der Waals surface area (Å²) in [6, 6.07) is 5.59. The second-order valence-corrected chi connectivity index (χ2v) is 3.20. The number of hydrogen-bond donors (Lipinski definition) is 0. The number of nitriles is 1. The number of fused-ring (bicyclic) bond motifs is 1. The van der Waals surface area contributed by atoms with Gasteiger partial charge in [0, 0.05) is 5.39 Å². The number of rotatable bonds is 1. The molecule has 0 amide bonds. The number of aromatic nitrogens is 1. The smallest absolute Gasteiger partial charge is 0.196 e. The molecule has 0 bridgehead atoms. The fraction of sp³-hybridized carbons (Fsp3) is 0.0909. The van der Waals surface area contributed by atoms with E-state index in [9.17, 15) is 13.2 Å². The summed E-state index contributed by atoms with van der Waals surface area (Å²) >= 11 is 0. The van der Waals surface area contributed by atoms with Crippen molar-refractivity contribution >= 4 is 10.9 Å². The van der Waals surface area contributed by atoms with Gasteiger partial charge in [-0.1, -0.05) is 6.07 Å². The Hall–Kier alpha value is -2.09. The van der Waals surface area contributed by atoms with Crippen molar-refractivity contribution in [1.29, 1.82) is 5.26 Å². The van der Waals surface area contributed by atoms with Gasteiger partial charge in [-0.2, -0.15) is 5.26 Å². The van der Waals surface area contributed by atoms with E-state index in [1.54, 1.807) is 0 Å². The number of nitrogens with zero attached hydrogens (tertiary/aromatic N) is 2. The van der Waals surface area contributed by atoms with Crippen molar-refractivity contribution in [3.63, 3.8) is 0 Å². The van der Waals surface area contributed by atoms with E-state index in [2.05, 4.69) is 4.98 Å². The molecule has 0 aliphatic heterocycles. The Balaban J connectivity index is 2.73. The molecule has 1 heterocycles. The van der Waals surface area contributed by atoms with Gasteiger partial charge in [0.25, 0.3) is 0 Å². The molecule has 1 aromatic carbocycles. The summed E-state index contributed by atoms with van der Waals surface area (Å²) in [6.07, 6.45) is -0.00558. The van der Waals surface area contributed by atoms with Crippen LogP contribution in [0.5, 0.6) is 0 Å². The number of hydrogen-bond acceptors (Lipinski definition) is 2. The highest BCUT2D eigenvalue weighted by Gasteiger charge is 2.14. The summed E-state index contributed by atoms with van der Waals surface area (Å²) in [4.78, 5) is 3.76. The van der Waals surface area contributed by atoms with Crippen LogP contribution in [0.15, 0.2) is 18.2 Å². The second-order valence-electron chi connectivity index (χ2n) is 3.20. The zero-order valence-corrected chi connectivity index (χ0v) is 7.97. The summed E-state index contributed by atoms with van der Waals surface area (Å²) < 4.78 is 39.1. The fourth-order valence-corrected chi connectivity index (χ4v) is 1.39. The molecular weight excluding hydrogens is 217 g/mol. The minimum absolute atomic E-state index is 0.00558. The molecule has 0 unspecified atom stereocenters. The van der Waals surface area contributed by atoms with Crippen LogP contribution < -0.4 is 0 Å². The van der Waals surface area contributed by atoms with E-state index in [1.165, 1.54) is 12.1 Å². The molecule has 0 atom stereocenters. The van der Waals surface area contributed by atoms with Gasteiger partial charge in [-0.15, -0.1) is 0 Å². The molecule has 0 spiro atoms. The van der Waals surface area contributed by atoms with Crippen molar-refractivity contribution in [1.82, 2.24) is 4.98 Å². The normalized spacial score (nSPS) is 10.4. The first kappa shape index (κ1) is 10.4. The zero-order valence-electron chi connectivity index (χ0n) is 7.97. The maximum absolute atomic E-state index is 13.3. The Morgan fingerprint density at radius 1 is 1.19 bits per heavy atom. The van der Waals surface area contributed by atoms with Crippen LogP contribution in [0.3, 0.4) is 0 Å². The van der Waals surface area contributed by atoms with Crippen LogP contribution in [-0.4, -0.2) is 4.98 Å². The molecule has 0 aliphatic carbocycles. The van der Waals surface area contributed by atoms with E-state index in [0.29, 0.717) is 5.69 Å². The molecule has 2 nitrogen and oxygen atoms in total. The summed E-state index contributed by atoms with van der Waals surface area (Å²) in [5.41, 5.74) is 0.0616. The highest BCUT2D eigenvalue weighted by Crippen LogP contribution is 2.21. The summed E-state index contributed by atoms with van der Waals surface area (Å²) in [5.74, 6) is -4.12. The molecule has 0 saturated carbocycles. The lowest BCUT2D eigenvalue weighted by atomic mass is 10.1. The lowest BCUT2D eigenvalue weighted by molar-refractivity contribution is 0.452. The predicted molar refractivity (Wildman–Crippen MR) is 50.9 cm³/mol. The Morgan fingerprint density at radius 2 is 1.94 bits per heavy atom. The molecule has 2 rings (SSSR count). The van der Waals surface area contributed by atoms with Gasteiger partial charge >= 0.3 is 0 Å². The standard InChI is InChI=1S/C11H5F3N2/c12-8-5-6-1-2-7(3-4-15)16-11(6)10(14)9(8)13/h1-2,5H,3H2. The van der Waals surface area contributed by atoms with Crippen molar-refractivity contribution in [3.05, 3.63) is 41.3 Å². The van der Waals surface area contributed by atoms with Crippen molar-refractivity contribution in [2.24, 2.45) is 0 Å². The average Bonchev–Trinajstić information content (AvgIpc) is 2.28. The highest BCUT2D eigenvalue weighted by atomic mass is 19.2. The average molecular weight is 222 g/mol. The van der Waals surface area contributed by atoms with Crippen LogP contribution >= 0.6 is 0 Å². The van der Waals surface area contributed by atoms with E-state index in [0.717, 1.165) is 6.07 Å². The molecule has 80 valence electrons. The Kier molecular flexibility index (Phi) is 2.49. The molecule has 0 aliphatic rings. The molecule has 2 aromatic rings. The van der Waals surface area contributed by atoms with Crippen LogP contribution in [-0.2, 0) is 6.42 Å². The van der Waals surface area contributed by atoms with Crippen LogP contribution in [0.2, 0.25) is 0 Å². The van der Waals surface area contributed by atoms with Gasteiger partial charge in [0.15, 0.2) is 17.5 Å². The molecule has 1 aromatic heterocycles. The Bertz CT molecular complexity index is 602.